The Morgan fingerprint density at radius 1 is 1.33 bits per heavy atom. The number of hydrogen-bond acceptors (Lipinski definition) is 4. The number of aromatic nitrogens is 2. The van der Waals surface area contributed by atoms with Gasteiger partial charge in [-0.15, -0.1) is 17.8 Å². The third-order valence-electron chi connectivity index (χ3n) is 3.91. The van der Waals surface area contributed by atoms with Crippen LogP contribution in [0.25, 0.3) is 21.3 Å². The van der Waals surface area contributed by atoms with Crippen LogP contribution in [-0.2, 0) is 17.7 Å². The molecule has 24 heavy (non-hydrogen) atoms. The molecule has 1 aromatic carbocycles. The lowest BCUT2D eigenvalue weighted by molar-refractivity contribution is 0.199. The highest BCUT2D eigenvalue weighted by Gasteiger charge is 2.19. The monoisotopic (exact) mass is 338 g/mol. The van der Waals surface area contributed by atoms with E-state index in [0.717, 1.165) is 20.8 Å². The molecule has 0 radical (unpaired) electrons. The molecule has 0 fully saturated rings. The Balaban J connectivity index is 2.30. The van der Waals surface area contributed by atoms with Crippen molar-refractivity contribution in [2.24, 2.45) is 0 Å². The number of thiophene rings is 1. The molecule has 0 saturated carbocycles. The van der Waals surface area contributed by atoms with Crippen LogP contribution in [0.5, 0.6) is 0 Å². The molecule has 0 aliphatic heterocycles. The summed E-state index contributed by atoms with van der Waals surface area (Å²) in [6, 6.07) is 9.93. The molecule has 0 bridgehead atoms. The van der Waals surface area contributed by atoms with E-state index in [-0.39, 0.29) is 12.1 Å². The Morgan fingerprint density at radius 2 is 2.08 bits per heavy atom. The van der Waals surface area contributed by atoms with E-state index >= 15 is 0 Å². The highest BCUT2D eigenvalue weighted by molar-refractivity contribution is 7.19. The van der Waals surface area contributed by atoms with E-state index in [1.54, 1.807) is 23.0 Å². The summed E-state index contributed by atoms with van der Waals surface area (Å²) in [6.45, 7) is 2.73. The number of rotatable bonds is 5. The molecule has 0 spiro atoms. The number of benzene rings is 1. The molecule has 2 heterocycles. The first kappa shape index (κ1) is 16.4. The third-order valence-corrected chi connectivity index (χ3v) is 4.91. The van der Waals surface area contributed by atoms with E-state index in [2.05, 4.69) is 5.92 Å². The van der Waals surface area contributed by atoms with E-state index in [0.29, 0.717) is 24.2 Å². The average Bonchev–Trinajstić information content (AvgIpc) is 2.93. The van der Waals surface area contributed by atoms with E-state index in [1.807, 2.05) is 37.3 Å². The van der Waals surface area contributed by atoms with Crippen molar-refractivity contribution < 1.29 is 4.74 Å². The molecule has 0 amide bonds. The topological polar surface area (TPSA) is 44.1 Å². The normalized spacial score (nSPS) is 10.9. The average molecular weight is 338 g/mol. The molecule has 122 valence electrons. The van der Waals surface area contributed by atoms with Gasteiger partial charge in [0.2, 0.25) is 0 Å². The van der Waals surface area contributed by atoms with Gasteiger partial charge < -0.3 is 4.74 Å². The van der Waals surface area contributed by atoms with Crippen LogP contribution in [0.15, 0.2) is 35.1 Å². The molecular formula is C19H18N2O2S. The molecular weight excluding hydrogens is 320 g/mol. The fourth-order valence-electron chi connectivity index (χ4n) is 2.83. The second-order valence-corrected chi connectivity index (χ2v) is 6.65. The Kier molecular flexibility index (Phi) is 4.79. The molecule has 5 heteroatoms. The summed E-state index contributed by atoms with van der Waals surface area (Å²) in [5.41, 5.74) is 1.90. The maximum atomic E-state index is 13.1. The van der Waals surface area contributed by atoms with E-state index in [9.17, 15) is 4.79 Å². The predicted octanol–water partition coefficient (Wildman–Crippen LogP) is 3.26. The minimum atomic E-state index is -0.0766. The van der Waals surface area contributed by atoms with Gasteiger partial charge in [-0.3, -0.25) is 9.36 Å². The van der Waals surface area contributed by atoms with E-state index < -0.39 is 0 Å². The molecule has 0 aliphatic carbocycles. The van der Waals surface area contributed by atoms with Gasteiger partial charge in [0.05, 0.1) is 18.5 Å². The van der Waals surface area contributed by atoms with Crippen molar-refractivity contribution in [3.05, 3.63) is 51.4 Å². The zero-order chi connectivity index (χ0) is 17.1. The van der Waals surface area contributed by atoms with Gasteiger partial charge in [-0.05, 0) is 12.5 Å². The van der Waals surface area contributed by atoms with E-state index in [1.165, 1.54) is 0 Å². The summed E-state index contributed by atoms with van der Waals surface area (Å²) in [7, 11) is 1.63. The van der Waals surface area contributed by atoms with Gasteiger partial charge in [-0.1, -0.05) is 36.3 Å². The number of nitrogens with zero attached hydrogens (tertiary/aromatic N) is 2. The smallest absolute Gasteiger partial charge is 0.263 e. The maximum absolute atomic E-state index is 13.1. The van der Waals surface area contributed by atoms with Gasteiger partial charge in [-0.2, -0.15) is 0 Å². The first-order valence-corrected chi connectivity index (χ1v) is 8.49. The van der Waals surface area contributed by atoms with Gasteiger partial charge in [0.25, 0.3) is 5.56 Å². The molecule has 3 rings (SSSR count). The van der Waals surface area contributed by atoms with Crippen LogP contribution in [0.3, 0.4) is 0 Å². The second-order valence-electron chi connectivity index (χ2n) is 5.45. The fraction of sp³-hybridized carbons (Fsp3) is 0.263. The fourth-order valence-corrected chi connectivity index (χ4v) is 3.88. The van der Waals surface area contributed by atoms with Crippen molar-refractivity contribution in [2.75, 3.05) is 13.7 Å². The van der Waals surface area contributed by atoms with Crippen LogP contribution in [0.1, 0.15) is 10.7 Å². The zero-order valence-electron chi connectivity index (χ0n) is 13.7. The Morgan fingerprint density at radius 3 is 2.75 bits per heavy atom. The van der Waals surface area contributed by atoms with Crippen LogP contribution in [0, 0.1) is 19.3 Å². The molecule has 0 unspecified atom stereocenters. The number of terminal acetylenes is 1. The predicted molar refractivity (Wildman–Crippen MR) is 98.5 cm³/mol. The summed E-state index contributed by atoms with van der Waals surface area (Å²) >= 11 is 1.55. The standard InChI is InChI=1S/C19H18N2O2S/c1-4-11-21-15(10-12-23-3)20-18-17(19(21)22)16(13(2)24-18)14-8-6-5-7-9-14/h1,5-9H,10-12H2,2-3H3. The summed E-state index contributed by atoms with van der Waals surface area (Å²) < 4.78 is 6.71. The molecule has 0 aliphatic rings. The van der Waals surface area contributed by atoms with Gasteiger partial charge in [0.15, 0.2) is 0 Å². The van der Waals surface area contributed by atoms with Crippen LogP contribution in [-0.4, -0.2) is 23.3 Å². The minimum Gasteiger partial charge on any atom is -0.384 e. The van der Waals surface area contributed by atoms with E-state index in [4.69, 9.17) is 16.1 Å². The lowest BCUT2D eigenvalue weighted by atomic mass is 10.0. The first-order chi connectivity index (χ1) is 11.7. The molecule has 3 aromatic rings. The van der Waals surface area contributed by atoms with Gasteiger partial charge in [0.1, 0.15) is 10.7 Å². The third kappa shape index (κ3) is 2.86. The van der Waals surface area contributed by atoms with Crippen molar-refractivity contribution in [3.63, 3.8) is 0 Å². The summed E-state index contributed by atoms with van der Waals surface area (Å²) in [6.07, 6.45) is 6.02. The number of ether oxygens (including phenoxy) is 1. The molecule has 2 aromatic heterocycles. The Hall–Kier alpha value is -2.42. The Bertz CT molecular complexity index is 965. The molecule has 0 atom stereocenters. The van der Waals surface area contributed by atoms with Crippen LogP contribution >= 0.6 is 11.3 Å². The van der Waals surface area contributed by atoms with Crippen molar-refractivity contribution in [1.82, 2.24) is 9.55 Å². The summed E-state index contributed by atoms with van der Waals surface area (Å²) in [4.78, 5) is 19.6. The number of hydrogen-bond donors (Lipinski definition) is 0. The number of fused-ring (bicyclic) bond motifs is 1. The van der Waals surface area contributed by atoms with Crippen LogP contribution < -0.4 is 5.56 Å². The van der Waals surface area contributed by atoms with Gasteiger partial charge >= 0.3 is 0 Å². The molecule has 0 saturated heterocycles. The SMILES string of the molecule is C#CCn1c(CCOC)nc2sc(C)c(-c3ccccc3)c2c1=O. The second kappa shape index (κ2) is 7.00. The first-order valence-electron chi connectivity index (χ1n) is 7.68. The largest absolute Gasteiger partial charge is 0.384 e. The molecule has 0 N–H and O–H groups in total. The lowest BCUT2D eigenvalue weighted by Crippen LogP contribution is -2.25. The summed E-state index contributed by atoms with van der Waals surface area (Å²) in [5.74, 6) is 3.23. The zero-order valence-corrected chi connectivity index (χ0v) is 14.5. The van der Waals surface area contributed by atoms with Crippen LogP contribution in [0.4, 0.5) is 0 Å². The highest BCUT2D eigenvalue weighted by Crippen LogP contribution is 2.35. The quantitative estimate of drug-likeness (QED) is 0.671. The van der Waals surface area contributed by atoms with Crippen molar-refractivity contribution in [1.29, 1.82) is 0 Å². The minimum absolute atomic E-state index is 0.0766. The molecule has 4 nitrogen and oxygen atoms in total. The van der Waals surface area contributed by atoms with Crippen LogP contribution in [0.2, 0.25) is 0 Å². The number of methoxy groups -OCH3 is 1. The Labute approximate surface area is 144 Å². The van der Waals surface area contributed by atoms with Crippen molar-refractivity contribution in [2.45, 2.75) is 19.9 Å². The van der Waals surface area contributed by atoms with Crippen molar-refractivity contribution in [3.8, 4) is 23.5 Å². The summed E-state index contributed by atoms with van der Waals surface area (Å²) in [5, 5.41) is 0.653. The van der Waals surface area contributed by atoms with Gasteiger partial charge in [-0.25, -0.2) is 4.98 Å². The van der Waals surface area contributed by atoms with Gasteiger partial charge in [0, 0.05) is 24.0 Å². The maximum Gasteiger partial charge on any atom is 0.263 e. The number of aryl methyl sites for hydroxylation is 1. The lowest BCUT2D eigenvalue weighted by Gasteiger charge is -2.10. The van der Waals surface area contributed by atoms with Crippen molar-refractivity contribution >= 4 is 21.6 Å². The highest BCUT2D eigenvalue weighted by atomic mass is 32.1.